The summed E-state index contributed by atoms with van der Waals surface area (Å²) >= 11 is 0. The fourth-order valence-electron chi connectivity index (χ4n) is 3.58. The number of halogens is 1. The number of nitrogens with one attached hydrogen (secondary N) is 2. The van der Waals surface area contributed by atoms with Gasteiger partial charge < -0.3 is 15.4 Å². The van der Waals surface area contributed by atoms with Crippen molar-refractivity contribution in [1.82, 2.24) is 10.2 Å². The lowest BCUT2D eigenvalue weighted by atomic mass is 9.77. The molecule has 2 heterocycles. The van der Waals surface area contributed by atoms with Gasteiger partial charge >= 0.3 is 0 Å². The quantitative estimate of drug-likeness (QED) is 0.859. The Balaban J connectivity index is 0.00000225. The van der Waals surface area contributed by atoms with Crippen LogP contribution in [0.1, 0.15) is 32.3 Å². The van der Waals surface area contributed by atoms with Gasteiger partial charge in [0.05, 0.1) is 19.3 Å². The van der Waals surface area contributed by atoms with Gasteiger partial charge in [-0.15, -0.1) is 12.4 Å². The fourth-order valence-corrected chi connectivity index (χ4v) is 3.58. The topological polar surface area (TPSA) is 53.6 Å². The number of anilines is 1. The van der Waals surface area contributed by atoms with Crippen molar-refractivity contribution in [1.29, 1.82) is 0 Å². The maximum atomic E-state index is 12.6. The van der Waals surface area contributed by atoms with Gasteiger partial charge in [0, 0.05) is 25.3 Å². The normalized spacial score (nSPS) is 23.5. The second kappa shape index (κ2) is 8.99. The average Bonchev–Trinajstić information content (AvgIpc) is 2.57. The number of carbonyl (C=O) groups is 1. The molecule has 5 nitrogen and oxygen atoms in total. The van der Waals surface area contributed by atoms with Gasteiger partial charge in [-0.3, -0.25) is 9.69 Å². The van der Waals surface area contributed by atoms with Crippen LogP contribution in [-0.2, 0) is 16.1 Å². The largest absolute Gasteiger partial charge is 0.379 e. The Morgan fingerprint density at radius 2 is 1.96 bits per heavy atom. The minimum absolute atomic E-state index is 0. The Labute approximate surface area is 156 Å². The molecular weight excluding hydrogens is 338 g/mol. The molecule has 0 aliphatic carbocycles. The SMILES string of the molecule is CC1(C)CCCNC1C(=O)Nc1ccc(CN2CCOCC2)cc1.Cl. The van der Waals surface area contributed by atoms with Crippen molar-refractivity contribution in [3.05, 3.63) is 29.8 Å². The van der Waals surface area contributed by atoms with E-state index >= 15 is 0 Å². The molecule has 1 atom stereocenters. The second-order valence-corrected chi connectivity index (χ2v) is 7.55. The van der Waals surface area contributed by atoms with Gasteiger partial charge in [-0.25, -0.2) is 0 Å². The molecule has 1 unspecified atom stereocenters. The molecule has 0 radical (unpaired) electrons. The van der Waals surface area contributed by atoms with Crippen LogP contribution in [-0.4, -0.2) is 49.7 Å². The Hall–Kier alpha value is -1.14. The molecule has 2 N–H and O–H groups in total. The van der Waals surface area contributed by atoms with Crippen molar-refractivity contribution in [2.45, 2.75) is 39.3 Å². The summed E-state index contributed by atoms with van der Waals surface area (Å²) in [6.45, 7) is 9.79. The van der Waals surface area contributed by atoms with Crippen LogP contribution in [0.5, 0.6) is 0 Å². The highest BCUT2D eigenvalue weighted by Gasteiger charge is 2.37. The highest BCUT2D eigenvalue weighted by atomic mass is 35.5. The Bertz CT molecular complexity index is 556. The van der Waals surface area contributed by atoms with Crippen molar-refractivity contribution in [2.75, 3.05) is 38.2 Å². The number of hydrogen-bond donors (Lipinski definition) is 2. The van der Waals surface area contributed by atoms with Crippen LogP contribution < -0.4 is 10.6 Å². The second-order valence-electron chi connectivity index (χ2n) is 7.55. The third kappa shape index (κ3) is 5.42. The third-order valence-electron chi connectivity index (χ3n) is 5.12. The van der Waals surface area contributed by atoms with Crippen molar-refractivity contribution < 1.29 is 9.53 Å². The van der Waals surface area contributed by atoms with Crippen molar-refractivity contribution >= 4 is 24.0 Å². The smallest absolute Gasteiger partial charge is 0.242 e. The van der Waals surface area contributed by atoms with E-state index in [1.165, 1.54) is 5.56 Å². The first-order valence-electron chi connectivity index (χ1n) is 8.98. The van der Waals surface area contributed by atoms with Crippen LogP contribution in [0.2, 0.25) is 0 Å². The summed E-state index contributed by atoms with van der Waals surface area (Å²) in [4.78, 5) is 15.0. The average molecular weight is 368 g/mol. The van der Waals surface area contributed by atoms with E-state index in [4.69, 9.17) is 4.74 Å². The fraction of sp³-hybridized carbons (Fsp3) is 0.632. The van der Waals surface area contributed by atoms with E-state index < -0.39 is 0 Å². The van der Waals surface area contributed by atoms with E-state index in [9.17, 15) is 4.79 Å². The summed E-state index contributed by atoms with van der Waals surface area (Å²) in [5, 5.41) is 6.43. The lowest BCUT2D eigenvalue weighted by Gasteiger charge is -2.38. The number of morpholine rings is 1. The number of nitrogens with zero attached hydrogens (tertiary/aromatic N) is 1. The van der Waals surface area contributed by atoms with Crippen LogP contribution in [0.3, 0.4) is 0 Å². The van der Waals surface area contributed by atoms with Crippen LogP contribution in [0.15, 0.2) is 24.3 Å². The maximum Gasteiger partial charge on any atom is 0.242 e. The highest BCUT2D eigenvalue weighted by molar-refractivity contribution is 5.95. The Kier molecular flexibility index (Phi) is 7.25. The molecule has 0 bridgehead atoms. The van der Waals surface area contributed by atoms with Gasteiger partial charge in [-0.1, -0.05) is 26.0 Å². The van der Waals surface area contributed by atoms with Crippen LogP contribution >= 0.6 is 12.4 Å². The van der Waals surface area contributed by atoms with Crippen molar-refractivity contribution in [3.8, 4) is 0 Å². The van der Waals surface area contributed by atoms with Crippen LogP contribution in [0.4, 0.5) is 5.69 Å². The molecule has 1 amide bonds. The number of benzene rings is 1. The van der Waals surface area contributed by atoms with Crippen LogP contribution in [0, 0.1) is 5.41 Å². The van der Waals surface area contributed by atoms with E-state index in [1.807, 2.05) is 12.1 Å². The molecule has 1 aromatic rings. The zero-order valence-electron chi connectivity index (χ0n) is 15.2. The molecule has 25 heavy (non-hydrogen) atoms. The molecule has 2 aliphatic rings. The van der Waals surface area contributed by atoms with Gasteiger partial charge in [-0.2, -0.15) is 0 Å². The summed E-state index contributed by atoms with van der Waals surface area (Å²) in [5.74, 6) is 0.0700. The third-order valence-corrected chi connectivity index (χ3v) is 5.12. The van der Waals surface area contributed by atoms with Gasteiger partial charge in [0.15, 0.2) is 0 Å². The molecular formula is C19H30ClN3O2. The molecule has 0 aromatic heterocycles. The molecule has 0 spiro atoms. The van der Waals surface area contributed by atoms with Gasteiger partial charge in [0.2, 0.25) is 5.91 Å². The standard InChI is InChI=1S/C19H29N3O2.ClH/c1-19(2)8-3-9-20-17(19)18(23)21-16-6-4-15(5-7-16)14-22-10-12-24-13-11-22;/h4-7,17,20H,3,8-14H2,1-2H3,(H,21,23);1H. The minimum Gasteiger partial charge on any atom is -0.379 e. The monoisotopic (exact) mass is 367 g/mol. The minimum atomic E-state index is -0.126. The first-order valence-corrected chi connectivity index (χ1v) is 8.98. The molecule has 0 saturated carbocycles. The molecule has 1 aromatic carbocycles. The molecule has 6 heteroatoms. The molecule has 2 fully saturated rings. The summed E-state index contributed by atoms with van der Waals surface area (Å²) in [7, 11) is 0. The highest BCUT2D eigenvalue weighted by Crippen LogP contribution is 2.30. The number of rotatable bonds is 4. The summed E-state index contributed by atoms with van der Waals surface area (Å²) in [6, 6.07) is 8.08. The predicted molar refractivity (Wildman–Crippen MR) is 103 cm³/mol. The van der Waals surface area contributed by atoms with Gasteiger partial charge in [-0.05, 0) is 42.5 Å². The van der Waals surface area contributed by atoms with Crippen molar-refractivity contribution in [2.24, 2.45) is 5.41 Å². The van der Waals surface area contributed by atoms with Crippen molar-refractivity contribution in [3.63, 3.8) is 0 Å². The predicted octanol–water partition coefficient (Wildman–Crippen LogP) is 2.66. The summed E-state index contributed by atoms with van der Waals surface area (Å²) in [5.41, 5.74) is 2.14. The Morgan fingerprint density at radius 3 is 2.60 bits per heavy atom. The zero-order chi connectivity index (χ0) is 17.0. The van der Waals surface area contributed by atoms with E-state index in [1.54, 1.807) is 0 Å². The molecule has 2 aliphatic heterocycles. The van der Waals surface area contributed by atoms with E-state index in [0.717, 1.165) is 57.9 Å². The van der Waals surface area contributed by atoms with Crippen LogP contribution in [0.25, 0.3) is 0 Å². The van der Waals surface area contributed by atoms with E-state index in [-0.39, 0.29) is 29.8 Å². The van der Waals surface area contributed by atoms with Gasteiger partial charge in [0.1, 0.15) is 0 Å². The zero-order valence-corrected chi connectivity index (χ0v) is 16.0. The number of hydrogen-bond acceptors (Lipinski definition) is 4. The maximum absolute atomic E-state index is 12.6. The lowest BCUT2D eigenvalue weighted by molar-refractivity contribution is -0.121. The number of piperidine rings is 1. The Morgan fingerprint density at radius 1 is 1.28 bits per heavy atom. The summed E-state index contributed by atoms with van der Waals surface area (Å²) in [6.07, 6.45) is 2.21. The first kappa shape index (κ1) is 20.2. The summed E-state index contributed by atoms with van der Waals surface area (Å²) < 4.78 is 5.38. The van der Waals surface area contributed by atoms with E-state index in [0.29, 0.717) is 0 Å². The molecule has 3 rings (SSSR count). The number of carbonyl (C=O) groups excluding carboxylic acids is 1. The number of ether oxygens (including phenoxy) is 1. The first-order chi connectivity index (χ1) is 11.5. The van der Waals surface area contributed by atoms with Gasteiger partial charge in [0.25, 0.3) is 0 Å². The molecule has 140 valence electrons. The molecule has 2 saturated heterocycles. The van der Waals surface area contributed by atoms with E-state index in [2.05, 4.69) is 41.5 Å². The number of amides is 1. The lowest BCUT2D eigenvalue weighted by Crippen LogP contribution is -2.53.